The first-order valence-electron chi connectivity index (χ1n) is 9.89. The van der Waals surface area contributed by atoms with E-state index in [0.29, 0.717) is 22.4 Å². The Morgan fingerprint density at radius 1 is 1.00 bits per heavy atom. The molecule has 0 aromatic heterocycles. The molecule has 8 heteroatoms. The quantitative estimate of drug-likeness (QED) is 0.276. The number of methoxy groups -OCH3 is 1. The predicted molar refractivity (Wildman–Crippen MR) is 125 cm³/mol. The van der Waals surface area contributed by atoms with E-state index in [-0.39, 0.29) is 27.1 Å². The molecule has 1 unspecified atom stereocenters. The molecule has 1 aliphatic rings. The second kappa shape index (κ2) is 8.89. The van der Waals surface area contributed by atoms with Gasteiger partial charge < -0.3 is 9.84 Å². The van der Waals surface area contributed by atoms with E-state index in [1.54, 1.807) is 25.1 Å². The van der Waals surface area contributed by atoms with E-state index in [4.69, 9.17) is 27.9 Å². The summed E-state index contributed by atoms with van der Waals surface area (Å²) in [4.78, 5) is 27.6. The average Bonchev–Trinajstić information content (AvgIpc) is 3.03. The lowest BCUT2D eigenvalue weighted by Gasteiger charge is -2.26. The number of Topliss-reactive ketones (excluding diaryl/α,β-unsaturated/α-hetero) is 1. The first kappa shape index (κ1) is 22.8. The highest BCUT2D eigenvalue weighted by molar-refractivity contribution is 6.52. The highest BCUT2D eigenvalue weighted by Crippen LogP contribution is 2.43. The van der Waals surface area contributed by atoms with Crippen molar-refractivity contribution in [1.82, 2.24) is 0 Å². The highest BCUT2D eigenvalue weighted by Gasteiger charge is 2.47. The van der Waals surface area contributed by atoms with E-state index >= 15 is 0 Å². The smallest absolute Gasteiger partial charge is 0.300 e. The molecular weight excluding hydrogens is 468 g/mol. The van der Waals surface area contributed by atoms with Gasteiger partial charge in [-0.25, -0.2) is 4.39 Å². The number of benzene rings is 3. The lowest BCUT2D eigenvalue weighted by atomic mass is 9.93. The molecule has 1 N–H and O–H groups in total. The fourth-order valence-electron chi connectivity index (χ4n) is 3.91. The highest BCUT2D eigenvalue weighted by atomic mass is 35.5. The monoisotopic (exact) mass is 485 g/mol. The SMILES string of the molecule is COc1ccc(/C(O)=C2/C(=O)C(=O)N(c3cc(Cl)cc(Cl)c3)C2c2ccc(F)cc2)c(C)c1. The zero-order valence-electron chi connectivity index (χ0n) is 17.6. The second-order valence-electron chi connectivity index (χ2n) is 7.53. The molecule has 1 atom stereocenters. The van der Waals surface area contributed by atoms with Gasteiger partial charge >= 0.3 is 0 Å². The Kier molecular flexibility index (Phi) is 6.15. The van der Waals surface area contributed by atoms with Crippen molar-refractivity contribution in [3.63, 3.8) is 0 Å². The number of carbonyl (C=O) groups is 2. The molecule has 0 spiro atoms. The van der Waals surface area contributed by atoms with Crippen LogP contribution in [0.1, 0.15) is 22.7 Å². The van der Waals surface area contributed by atoms with E-state index in [0.717, 1.165) is 0 Å². The summed E-state index contributed by atoms with van der Waals surface area (Å²) in [6, 6.07) is 13.8. The van der Waals surface area contributed by atoms with Crippen molar-refractivity contribution in [2.45, 2.75) is 13.0 Å². The van der Waals surface area contributed by atoms with Crippen molar-refractivity contribution in [1.29, 1.82) is 0 Å². The third-order valence-corrected chi connectivity index (χ3v) is 5.88. The molecule has 168 valence electrons. The normalized spacial score (nSPS) is 17.5. The van der Waals surface area contributed by atoms with E-state index in [9.17, 15) is 19.1 Å². The predicted octanol–water partition coefficient (Wildman–Crippen LogP) is 6.08. The van der Waals surface area contributed by atoms with Crippen molar-refractivity contribution in [3.8, 4) is 5.75 Å². The minimum atomic E-state index is -1.03. The molecule has 0 bridgehead atoms. The maximum Gasteiger partial charge on any atom is 0.300 e. The third-order valence-electron chi connectivity index (χ3n) is 5.44. The second-order valence-corrected chi connectivity index (χ2v) is 8.40. The van der Waals surface area contributed by atoms with Gasteiger partial charge in [0.15, 0.2) is 0 Å². The zero-order chi connectivity index (χ0) is 23.9. The molecule has 1 aliphatic heterocycles. The minimum absolute atomic E-state index is 0.129. The molecule has 33 heavy (non-hydrogen) atoms. The molecule has 1 saturated heterocycles. The van der Waals surface area contributed by atoms with Gasteiger partial charge in [-0.3, -0.25) is 14.5 Å². The van der Waals surface area contributed by atoms with E-state index in [1.165, 1.54) is 54.5 Å². The fraction of sp³-hybridized carbons (Fsp3) is 0.120. The number of rotatable bonds is 4. The summed E-state index contributed by atoms with van der Waals surface area (Å²) in [5, 5.41) is 11.8. The van der Waals surface area contributed by atoms with Crippen molar-refractivity contribution in [3.05, 3.63) is 98.8 Å². The molecule has 4 rings (SSSR count). The molecule has 3 aromatic carbocycles. The molecule has 1 fully saturated rings. The van der Waals surface area contributed by atoms with E-state index in [1.807, 2.05) is 0 Å². The number of anilines is 1. The maximum atomic E-state index is 13.6. The summed E-state index contributed by atoms with van der Waals surface area (Å²) < 4.78 is 18.8. The largest absolute Gasteiger partial charge is 0.507 e. The zero-order valence-corrected chi connectivity index (χ0v) is 19.1. The van der Waals surface area contributed by atoms with Crippen LogP contribution in [-0.2, 0) is 9.59 Å². The number of halogens is 3. The number of aryl methyl sites for hydroxylation is 1. The van der Waals surface area contributed by atoms with Crippen molar-refractivity contribution in [2.75, 3.05) is 12.0 Å². The first-order valence-corrected chi connectivity index (χ1v) is 10.6. The number of hydrogen-bond donors (Lipinski definition) is 1. The first-order chi connectivity index (χ1) is 15.7. The van der Waals surface area contributed by atoms with Gasteiger partial charge in [-0.1, -0.05) is 35.3 Å². The summed E-state index contributed by atoms with van der Waals surface area (Å²) in [6.07, 6.45) is 0. The Balaban J connectivity index is 1.97. The number of ketones is 1. The number of aliphatic hydroxyl groups is 1. The number of carbonyl (C=O) groups excluding carboxylic acids is 2. The number of aliphatic hydroxyl groups excluding tert-OH is 1. The van der Waals surface area contributed by atoms with Gasteiger partial charge in [-0.15, -0.1) is 0 Å². The molecule has 0 radical (unpaired) electrons. The Hall–Kier alpha value is -3.35. The Bertz CT molecular complexity index is 1280. The maximum absolute atomic E-state index is 13.6. The summed E-state index contributed by atoms with van der Waals surface area (Å²) in [5.41, 5.74) is 1.58. The number of hydrogen-bond acceptors (Lipinski definition) is 4. The Morgan fingerprint density at radius 3 is 2.21 bits per heavy atom. The van der Waals surface area contributed by atoms with Crippen LogP contribution in [0.25, 0.3) is 5.76 Å². The third kappa shape index (κ3) is 4.19. The van der Waals surface area contributed by atoms with Crippen LogP contribution in [0.2, 0.25) is 10.0 Å². The molecule has 1 heterocycles. The number of nitrogens with zero attached hydrogens (tertiary/aromatic N) is 1. The van der Waals surface area contributed by atoms with Crippen LogP contribution in [-0.4, -0.2) is 23.9 Å². The van der Waals surface area contributed by atoms with Gasteiger partial charge in [-0.05, 0) is 66.6 Å². The Labute approximate surface area is 199 Å². The number of ether oxygens (including phenoxy) is 1. The average molecular weight is 486 g/mol. The fourth-order valence-corrected chi connectivity index (χ4v) is 4.43. The molecule has 0 aliphatic carbocycles. The van der Waals surface area contributed by atoms with Gasteiger partial charge in [-0.2, -0.15) is 0 Å². The van der Waals surface area contributed by atoms with Gasteiger partial charge in [0.25, 0.3) is 11.7 Å². The summed E-state index contributed by atoms with van der Waals surface area (Å²) in [6.45, 7) is 1.75. The van der Waals surface area contributed by atoms with Gasteiger partial charge in [0, 0.05) is 21.3 Å². The number of amides is 1. The lowest BCUT2D eigenvalue weighted by Crippen LogP contribution is -2.29. The standard InChI is InChI=1S/C25H18Cl2FNO4/c1-13-9-19(33-2)7-8-20(13)23(30)21-22(14-3-5-17(28)6-4-14)29(25(32)24(21)31)18-11-15(26)10-16(27)12-18/h3-12,22,30H,1-2H3/b23-21-. The van der Waals surface area contributed by atoms with E-state index < -0.39 is 23.5 Å². The van der Waals surface area contributed by atoms with E-state index in [2.05, 4.69) is 0 Å². The molecule has 3 aromatic rings. The van der Waals surface area contributed by atoms with Gasteiger partial charge in [0.1, 0.15) is 17.3 Å². The van der Waals surface area contributed by atoms with Gasteiger partial charge in [0.2, 0.25) is 0 Å². The van der Waals surface area contributed by atoms with Crippen molar-refractivity contribution in [2.24, 2.45) is 0 Å². The van der Waals surface area contributed by atoms with Crippen LogP contribution >= 0.6 is 23.2 Å². The van der Waals surface area contributed by atoms with Crippen molar-refractivity contribution >= 4 is 46.3 Å². The minimum Gasteiger partial charge on any atom is -0.507 e. The molecular formula is C25H18Cl2FNO4. The Morgan fingerprint density at radius 2 is 1.64 bits per heavy atom. The molecule has 0 saturated carbocycles. The molecule has 1 amide bonds. The lowest BCUT2D eigenvalue weighted by molar-refractivity contribution is -0.132. The van der Waals surface area contributed by atoms with Crippen LogP contribution in [0.3, 0.4) is 0 Å². The van der Waals surface area contributed by atoms with Crippen LogP contribution in [0.5, 0.6) is 5.75 Å². The van der Waals surface area contributed by atoms with Crippen LogP contribution in [0.4, 0.5) is 10.1 Å². The van der Waals surface area contributed by atoms with Crippen LogP contribution < -0.4 is 9.64 Å². The summed E-state index contributed by atoms with van der Waals surface area (Å²) in [7, 11) is 1.52. The summed E-state index contributed by atoms with van der Waals surface area (Å²) >= 11 is 12.3. The van der Waals surface area contributed by atoms with Gasteiger partial charge in [0.05, 0.1) is 18.7 Å². The topological polar surface area (TPSA) is 66.8 Å². The van der Waals surface area contributed by atoms with Crippen LogP contribution in [0, 0.1) is 12.7 Å². The van der Waals surface area contributed by atoms with Crippen LogP contribution in [0.15, 0.2) is 66.2 Å². The summed E-state index contributed by atoms with van der Waals surface area (Å²) in [5.74, 6) is -2.00. The van der Waals surface area contributed by atoms with Crippen molar-refractivity contribution < 1.29 is 23.8 Å². The molecule has 5 nitrogen and oxygen atoms in total.